The molecule has 23 heavy (non-hydrogen) atoms. The van der Waals surface area contributed by atoms with Crippen LogP contribution >= 0.6 is 0 Å². The quantitative estimate of drug-likeness (QED) is 0.745. The van der Waals surface area contributed by atoms with Gasteiger partial charge in [0.25, 0.3) is 5.91 Å². The zero-order chi connectivity index (χ0) is 17.0. The molecule has 0 spiro atoms. The van der Waals surface area contributed by atoms with Gasteiger partial charge in [-0.15, -0.1) is 0 Å². The molecule has 0 aromatic heterocycles. The minimum Gasteiger partial charge on any atom is -0.393 e. The Hall–Kier alpha value is -1.83. The fraction of sp³-hybridized carbons (Fsp3) is 0.526. The van der Waals surface area contributed by atoms with Crippen molar-refractivity contribution in [2.75, 3.05) is 0 Å². The topological polar surface area (TPSA) is 69.6 Å². The van der Waals surface area contributed by atoms with Gasteiger partial charge in [0.05, 0.1) is 6.10 Å². The van der Waals surface area contributed by atoms with Crippen molar-refractivity contribution in [2.45, 2.75) is 57.8 Å². The van der Waals surface area contributed by atoms with Crippen LogP contribution in [0.3, 0.4) is 0 Å². The normalized spacial score (nSPS) is 21.6. The summed E-state index contributed by atoms with van der Waals surface area (Å²) in [6, 6.07) is 7.19. The molecular formula is C19H25NO3. The molecule has 0 heterocycles. The third kappa shape index (κ3) is 5.09. The highest BCUT2D eigenvalue weighted by atomic mass is 16.3. The zero-order valence-electron chi connectivity index (χ0n) is 14.0. The summed E-state index contributed by atoms with van der Waals surface area (Å²) in [5, 5.41) is 22.1. The predicted octanol–water partition coefficient (Wildman–Crippen LogP) is 2.09. The summed E-state index contributed by atoms with van der Waals surface area (Å²) in [4.78, 5) is 12.4. The number of rotatable bonds is 4. The first-order chi connectivity index (χ1) is 10.8. The molecule has 1 aliphatic rings. The largest absolute Gasteiger partial charge is 0.393 e. The summed E-state index contributed by atoms with van der Waals surface area (Å²) in [5.41, 5.74) is 0.203. The fourth-order valence-electron chi connectivity index (χ4n) is 2.73. The zero-order valence-corrected chi connectivity index (χ0v) is 14.0. The number of aliphatic hydroxyl groups is 2. The van der Waals surface area contributed by atoms with Crippen LogP contribution in [-0.4, -0.2) is 33.9 Å². The van der Waals surface area contributed by atoms with E-state index in [0.29, 0.717) is 17.0 Å². The van der Waals surface area contributed by atoms with E-state index in [2.05, 4.69) is 17.2 Å². The Kier molecular flexibility index (Phi) is 5.46. The summed E-state index contributed by atoms with van der Waals surface area (Å²) in [6.45, 7) is 5.28. The summed E-state index contributed by atoms with van der Waals surface area (Å²) >= 11 is 0. The van der Waals surface area contributed by atoms with Gasteiger partial charge in [-0.2, -0.15) is 0 Å². The van der Waals surface area contributed by atoms with Crippen molar-refractivity contribution in [1.29, 1.82) is 0 Å². The first-order valence-corrected chi connectivity index (χ1v) is 8.13. The van der Waals surface area contributed by atoms with E-state index in [-0.39, 0.29) is 18.1 Å². The van der Waals surface area contributed by atoms with Crippen LogP contribution in [0.25, 0.3) is 0 Å². The first-order valence-electron chi connectivity index (χ1n) is 8.13. The molecule has 1 aromatic carbocycles. The Labute approximate surface area is 137 Å². The maximum absolute atomic E-state index is 12.4. The summed E-state index contributed by atoms with van der Waals surface area (Å²) in [7, 11) is 0. The molecule has 0 aliphatic heterocycles. The minimum absolute atomic E-state index is 0.0945. The number of benzene rings is 1. The van der Waals surface area contributed by atoms with Gasteiger partial charge in [0.15, 0.2) is 0 Å². The Bertz CT molecular complexity index is 615. The SMILES string of the molecule is CC[C@H](NC(=O)c1cccc(C#CC(C)(C)O)c1)C1CC(O)C1. The van der Waals surface area contributed by atoms with E-state index in [4.69, 9.17) is 0 Å². The highest BCUT2D eigenvalue weighted by Gasteiger charge is 2.33. The average molecular weight is 315 g/mol. The van der Waals surface area contributed by atoms with E-state index >= 15 is 0 Å². The summed E-state index contributed by atoms with van der Waals surface area (Å²) < 4.78 is 0. The van der Waals surface area contributed by atoms with Crippen molar-refractivity contribution >= 4 is 5.91 Å². The van der Waals surface area contributed by atoms with Crippen LogP contribution in [0, 0.1) is 17.8 Å². The Morgan fingerprint density at radius 3 is 2.70 bits per heavy atom. The second-order valence-electron chi connectivity index (χ2n) is 6.76. The number of carbonyl (C=O) groups is 1. The van der Waals surface area contributed by atoms with Crippen LogP contribution < -0.4 is 5.32 Å². The molecule has 1 atom stereocenters. The second-order valence-corrected chi connectivity index (χ2v) is 6.76. The van der Waals surface area contributed by atoms with Gasteiger partial charge in [0.1, 0.15) is 5.60 Å². The fourth-order valence-corrected chi connectivity index (χ4v) is 2.73. The highest BCUT2D eigenvalue weighted by Crippen LogP contribution is 2.31. The van der Waals surface area contributed by atoms with Gasteiger partial charge in [-0.3, -0.25) is 4.79 Å². The average Bonchev–Trinajstić information content (AvgIpc) is 2.47. The van der Waals surface area contributed by atoms with E-state index in [1.165, 1.54) is 0 Å². The molecule has 1 aromatic rings. The molecule has 1 amide bonds. The number of hydrogen-bond donors (Lipinski definition) is 3. The lowest BCUT2D eigenvalue weighted by atomic mass is 9.76. The van der Waals surface area contributed by atoms with E-state index in [1.54, 1.807) is 32.0 Å². The van der Waals surface area contributed by atoms with Crippen LogP contribution in [0.2, 0.25) is 0 Å². The monoisotopic (exact) mass is 315 g/mol. The van der Waals surface area contributed by atoms with Gasteiger partial charge in [-0.25, -0.2) is 0 Å². The molecule has 4 nitrogen and oxygen atoms in total. The first kappa shape index (κ1) is 17.5. The van der Waals surface area contributed by atoms with E-state index in [0.717, 1.165) is 19.3 Å². The van der Waals surface area contributed by atoms with Crippen LogP contribution in [-0.2, 0) is 0 Å². The number of aliphatic hydroxyl groups excluding tert-OH is 1. The third-order valence-corrected chi connectivity index (χ3v) is 4.11. The predicted molar refractivity (Wildman–Crippen MR) is 89.9 cm³/mol. The molecule has 0 unspecified atom stereocenters. The van der Waals surface area contributed by atoms with Gasteiger partial charge in [0.2, 0.25) is 0 Å². The maximum Gasteiger partial charge on any atom is 0.251 e. The van der Waals surface area contributed by atoms with Gasteiger partial charge in [0, 0.05) is 17.2 Å². The van der Waals surface area contributed by atoms with Crippen molar-refractivity contribution in [3.8, 4) is 11.8 Å². The molecule has 1 fully saturated rings. The molecule has 3 N–H and O–H groups in total. The van der Waals surface area contributed by atoms with E-state index < -0.39 is 5.60 Å². The molecule has 4 heteroatoms. The van der Waals surface area contributed by atoms with Crippen molar-refractivity contribution < 1.29 is 15.0 Å². The van der Waals surface area contributed by atoms with Crippen molar-refractivity contribution in [2.24, 2.45) is 5.92 Å². The Morgan fingerprint density at radius 1 is 1.43 bits per heavy atom. The number of carbonyl (C=O) groups excluding carboxylic acids is 1. The van der Waals surface area contributed by atoms with E-state index in [9.17, 15) is 15.0 Å². The minimum atomic E-state index is -1.06. The summed E-state index contributed by atoms with van der Waals surface area (Å²) in [5.74, 6) is 5.87. The molecule has 124 valence electrons. The smallest absolute Gasteiger partial charge is 0.251 e. The summed E-state index contributed by atoms with van der Waals surface area (Å²) in [6.07, 6.45) is 2.15. The lowest BCUT2D eigenvalue weighted by Gasteiger charge is -2.37. The third-order valence-electron chi connectivity index (χ3n) is 4.11. The molecule has 1 aliphatic carbocycles. The maximum atomic E-state index is 12.4. The molecular weight excluding hydrogens is 290 g/mol. The van der Waals surface area contributed by atoms with Crippen molar-refractivity contribution in [3.05, 3.63) is 35.4 Å². The van der Waals surface area contributed by atoms with Gasteiger partial charge >= 0.3 is 0 Å². The van der Waals surface area contributed by atoms with Gasteiger partial charge in [-0.1, -0.05) is 24.8 Å². The Balaban J connectivity index is 2.05. The molecule has 0 saturated heterocycles. The van der Waals surface area contributed by atoms with Crippen LogP contribution in [0.15, 0.2) is 24.3 Å². The van der Waals surface area contributed by atoms with Crippen molar-refractivity contribution in [3.63, 3.8) is 0 Å². The van der Waals surface area contributed by atoms with Gasteiger partial charge in [-0.05, 0) is 57.2 Å². The van der Waals surface area contributed by atoms with Gasteiger partial charge < -0.3 is 15.5 Å². The number of nitrogens with one attached hydrogen (secondary N) is 1. The molecule has 0 radical (unpaired) electrons. The highest BCUT2D eigenvalue weighted by molar-refractivity contribution is 5.94. The number of amides is 1. The molecule has 2 rings (SSSR count). The lowest BCUT2D eigenvalue weighted by molar-refractivity contribution is 0.0232. The van der Waals surface area contributed by atoms with Crippen LogP contribution in [0.5, 0.6) is 0 Å². The molecule has 0 bridgehead atoms. The number of hydrogen-bond acceptors (Lipinski definition) is 3. The second kappa shape index (κ2) is 7.16. The standard InChI is InChI=1S/C19H25NO3/c1-4-17(15-11-16(21)12-15)20-18(22)14-7-5-6-13(10-14)8-9-19(2,3)23/h5-7,10,15-17,21,23H,4,11-12H2,1-3H3,(H,20,22)/t15?,16?,17-/m0/s1. The van der Waals surface area contributed by atoms with Crippen molar-refractivity contribution in [1.82, 2.24) is 5.32 Å². The lowest BCUT2D eigenvalue weighted by Crippen LogP contribution is -2.46. The van der Waals surface area contributed by atoms with Crippen LogP contribution in [0.4, 0.5) is 0 Å². The molecule has 1 saturated carbocycles. The van der Waals surface area contributed by atoms with Crippen LogP contribution in [0.1, 0.15) is 56.0 Å². The van der Waals surface area contributed by atoms with E-state index in [1.807, 2.05) is 13.0 Å². The Morgan fingerprint density at radius 2 is 2.13 bits per heavy atom.